The van der Waals surface area contributed by atoms with E-state index in [4.69, 9.17) is 0 Å². The molecule has 0 rings (SSSR count). The first-order valence-corrected chi connectivity index (χ1v) is 3.68. The Balaban J connectivity index is 0. The van der Waals surface area contributed by atoms with Crippen LogP contribution in [-0.2, 0) is 28.6 Å². The van der Waals surface area contributed by atoms with E-state index >= 15 is 0 Å². The zero-order valence-corrected chi connectivity index (χ0v) is 8.66. The lowest BCUT2D eigenvalue weighted by molar-refractivity contribution is -0.155. The SMILES string of the molecule is COC(=O)COC(C)=O.COC(C)=O. The van der Waals surface area contributed by atoms with E-state index in [9.17, 15) is 14.4 Å². The van der Waals surface area contributed by atoms with Gasteiger partial charge in [-0.1, -0.05) is 0 Å². The third kappa shape index (κ3) is 16.8. The van der Waals surface area contributed by atoms with Crippen LogP contribution in [0.3, 0.4) is 0 Å². The van der Waals surface area contributed by atoms with E-state index in [1.165, 1.54) is 28.1 Å². The van der Waals surface area contributed by atoms with Crippen molar-refractivity contribution in [1.82, 2.24) is 0 Å². The Morgan fingerprint density at radius 1 is 0.929 bits per heavy atom. The Morgan fingerprint density at radius 3 is 1.57 bits per heavy atom. The number of carbonyl (C=O) groups excluding carboxylic acids is 3. The van der Waals surface area contributed by atoms with Gasteiger partial charge in [-0.15, -0.1) is 0 Å². The maximum absolute atomic E-state index is 10.2. The van der Waals surface area contributed by atoms with Gasteiger partial charge in [0.1, 0.15) is 0 Å². The molecule has 0 amide bonds. The second kappa shape index (κ2) is 9.50. The highest BCUT2D eigenvalue weighted by Gasteiger charge is 2.00. The van der Waals surface area contributed by atoms with E-state index in [0.717, 1.165) is 0 Å². The molecule has 0 fully saturated rings. The second-order valence-corrected chi connectivity index (χ2v) is 2.05. The summed E-state index contributed by atoms with van der Waals surface area (Å²) in [5, 5.41) is 0. The van der Waals surface area contributed by atoms with E-state index in [1.807, 2.05) is 0 Å². The first-order valence-electron chi connectivity index (χ1n) is 3.68. The molecule has 0 aromatic carbocycles. The second-order valence-electron chi connectivity index (χ2n) is 2.05. The molecule has 0 spiro atoms. The van der Waals surface area contributed by atoms with Crippen LogP contribution in [0.15, 0.2) is 0 Å². The molecular weight excluding hydrogens is 192 g/mol. The predicted molar refractivity (Wildman–Crippen MR) is 46.3 cm³/mol. The molecule has 0 saturated carbocycles. The van der Waals surface area contributed by atoms with Crippen LogP contribution in [0.1, 0.15) is 13.8 Å². The molecule has 0 atom stereocenters. The van der Waals surface area contributed by atoms with Crippen molar-refractivity contribution >= 4 is 17.9 Å². The van der Waals surface area contributed by atoms with Crippen LogP contribution in [0.2, 0.25) is 0 Å². The van der Waals surface area contributed by atoms with Crippen molar-refractivity contribution < 1.29 is 28.6 Å². The molecule has 82 valence electrons. The highest BCUT2D eigenvalue weighted by atomic mass is 16.6. The minimum Gasteiger partial charge on any atom is -0.469 e. The first kappa shape index (κ1) is 14.9. The number of hydrogen-bond donors (Lipinski definition) is 0. The van der Waals surface area contributed by atoms with Crippen LogP contribution in [0.25, 0.3) is 0 Å². The highest BCUT2D eigenvalue weighted by molar-refractivity contribution is 5.74. The molecule has 0 saturated heterocycles. The molecule has 0 bridgehead atoms. The predicted octanol–water partition coefficient (Wildman–Crippen LogP) is -0.0982. The molecule has 0 aliphatic heterocycles. The van der Waals surface area contributed by atoms with Crippen molar-refractivity contribution in [1.29, 1.82) is 0 Å². The van der Waals surface area contributed by atoms with Gasteiger partial charge in [0.2, 0.25) is 0 Å². The van der Waals surface area contributed by atoms with Gasteiger partial charge in [0.05, 0.1) is 14.2 Å². The molecule has 0 heterocycles. The third-order valence-corrected chi connectivity index (χ3v) is 0.908. The van der Waals surface area contributed by atoms with Crippen LogP contribution in [0, 0.1) is 0 Å². The summed E-state index contributed by atoms with van der Waals surface area (Å²) in [5.41, 5.74) is 0. The summed E-state index contributed by atoms with van der Waals surface area (Å²) < 4.78 is 12.6. The normalized spacial score (nSPS) is 7.71. The molecule has 0 aliphatic carbocycles. The van der Waals surface area contributed by atoms with E-state index < -0.39 is 11.9 Å². The fourth-order valence-corrected chi connectivity index (χ4v) is 0.219. The fraction of sp³-hybridized carbons (Fsp3) is 0.625. The van der Waals surface area contributed by atoms with E-state index in [2.05, 4.69) is 14.2 Å². The summed E-state index contributed by atoms with van der Waals surface area (Å²) in [4.78, 5) is 29.8. The van der Waals surface area contributed by atoms with Crippen LogP contribution >= 0.6 is 0 Å². The van der Waals surface area contributed by atoms with Gasteiger partial charge in [0.25, 0.3) is 0 Å². The number of methoxy groups -OCH3 is 2. The van der Waals surface area contributed by atoms with Gasteiger partial charge in [-0.2, -0.15) is 0 Å². The van der Waals surface area contributed by atoms with Gasteiger partial charge < -0.3 is 14.2 Å². The Hall–Kier alpha value is -1.59. The minimum atomic E-state index is -0.551. The number of ether oxygens (including phenoxy) is 3. The standard InChI is InChI=1S/C5H8O4.C3H6O2/c1-4(6)9-3-5(7)8-2;1-3(4)5-2/h3H2,1-2H3;1-2H3. The van der Waals surface area contributed by atoms with Crippen LogP contribution in [0.5, 0.6) is 0 Å². The molecule has 6 nitrogen and oxygen atoms in total. The molecule has 0 N–H and O–H groups in total. The zero-order chi connectivity index (χ0) is 11.6. The van der Waals surface area contributed by atoms with Crippen molar-refractivity contribution in [3.63, 3.8) is 0 Å². The monoisotopic (exact) mass is 206 g/mol. The topological polar surface area (TPSA) is 78.9 Å². The summed E-state index contributed by atoms with van der Waals surface area (Å²) in [5.74, 6) is -1.28. The fourth-order valence-electron chi connectivity index (χ4n) is 0.219. The van der Waals surface area contributed by atoms with Crippen molar-refractivity contribution in [2.24, 2.45) is 0 Å². The largest absolute Gasteiger partial charge is 0.469 e. The Bertz CT molecular complexity index is 198. The van der Waals surface area contributed by atoms with E-state index in [0.29, 0.717) is 0 Å². The summed E-state index contributed by atoms with van der Waals surface area (Å²) in [6.07, 6.45) is 0. The lowest BCUT2D eigenvalue weighted by Crippen LogP contribution is -2.12. The third-order valence-electron chi connectivity index (χ3n) is 0.908. The summed E-state index contributed by atoms with van der Waals surface area (Å²) in [6, 6.07) is 0. The molecule has 0 unspecified atom stereocenters. The number of esters is 3. The maximum Gasteiger partial charge on any atom is 0.344 e. The van der Waals surface area contributed by atoms with Crippen molar-refractivity contribution in [3.05, 3.63) is 0 Å². The van der Waals surface area contributed by atoms with Crippen LogP contribution in [-0.4, -0.2) is 38.7 Å². The lowest BCUT2D eigenvalue weighted by atomic mass is 10.7. The first-order chi connectivity index (χ1) is 6.43. The average molecular weight is 206 g/mol. The minimum absolute atomic E-state index is 0.245. The van der Waals surface area contributed by atoms with Gasteiger partial charge in [-0.3, -0.25) is 9.59 Å². The van der Waals surface area contributed by atoms with E-state index in [-0.39, 0.29) is 12.6 Å². The highest BCUT2D eigenvalue weighted by Crippen LogP contribution is 1.78. The maximum atomic E-state index is 10.2. The Morgan fingerprint density at radius 2 is 1.36 bits per heavy atom. The molecule has 14 heavy (non-hydrogen) atoms. The Labute approximate surface area is 82.1 Å². The lowest BCUT2D eigenvalue weighted by Gasteiger charge is -1.97. The average Bonchev–Trinajstić information content (AvgIpc) is 2.14. The summed E-state index contributed by atoms with van der Waals surface area (Å²) >= 11 is 0. The smallest absolute Gasteiger partial charge is 0.344 e. The van der Waals surface area contributed by atoms with Crippen molar-refractivity contribution in [2.45, 2.75) is 13.8 Å². The molecule has 0 aliphatic rings. The Kier molecular flexibility index (Phi) is 10.1. The van der Waals surface area contributed by atoms with Gasteiger partial charge in [0, 0.05) is 13.8 Å². The molecule has 0 aromatic rings. The zero-order valence-electron chi connectivity index (χ0n) is 8.66. The van der Waals surface area contributed by atoms with Crippen molar-refractivity contribution in [3.8, 4) is 0 Å². The number of rotatable bonds is 2. The molecule has 6 heteroatoms. The van der Waals surface area contributed by atoms with Gasteiger partial charge in [-0.05, 0) is 0 Å². The van der Waals surface area contributed by atoms with Crippen molar-refractivity contribution in [2.75, 3.05) is 20.8 Å². The number of carbonyl (C=O) groups is 3. The summed E-state index contributed by atoms with van der Waals surface area (Å²) in [6.45, 7) is 2.29. The van der Waals surface area contributed by atoms with Gasteiger partial charge >= 0.3 is 17.9 Å². The van der Waals surface area contributed by atoms with Gasteiger partial charge in [0.15, 0.2) is 6.61 Å². The van der Waals surface area contributed by atoms with Crippen LogP contribution in [0.4, 0.5) is 0 Å². The van der Waals surface area contributed by atoms with E-state index in [1.54, 1.807) is 0 Å². The number of hydrogen-bond acceptors (Lipinski definition) is 6. The molecule has 0 aromatic heterocycles. The van der Waals surface area contributed by atoms with Crippen LogP contribution < -0.4 is 0 Å². The molecule has 0 radical (unpaired) electrons. The summed E-state index contributed by atoms with van der Waals surface area (Å²) in [7, 11) is 2.58. The van der Waals surface area contributed by atoms with Gasteiger partial charge in [-0.25, -0.2) is 4.79 Å². The quantitative estimate of drug-likeness (QED) is 0.463. The molecular formula is C8H14O6.